The average Bonchev–Trinajstić information content (AvgIpc) is 2.38. The number of ether oxygens (including phenoxy) is 1. The first-order valence-electron chi connectivity index (χ1n) is 6.72. The Labute approximate surface area is 131 Å². The van der Waals surface area contributed by atoms with E-state index in [4.69, 9.17) is 22.1 Å². The van der Waals surface area contributed by atoms with Crippen LogP contribution in [0.5, 0.6) is 5.75 Å². The lowest BCUT2D eigenvalue weighted by atomic mass is 10.0. The van der Waals surface area contributed by atoms with Crippen molar-refractivity contribution < 1.29 is 4.74 Å². The van der Waals surface area contributed by atoms with Gasteiger partial charge in [0.1, 0.15) is 5.75 Å². The van der Waals surface area contributed by atoms with Crippen LogP contribution in [0.25, 0.3) is 10.8 Å². The fourth-order valence-corrected chi connectivity index (χ4v) is 2.53. The number of nitrogens with two attached hydrogens (primary N) is 1. The summed E-state index contributed by atoms with van der Waals surface area (Å²) in [4.78, 5) is 0. The van der Waals surface area contributed by atoms with E-state index in [9.17, 15) is 0 Å². The standard InChI is InChI=1S/C16H20ClNO.ClH/c1-3-8-19-16-12(9-11(2)18)10-15(17)13-6-4-5-7-14(13)16;/h4-7,10-11H,3,8-9,18H2,1-2H3;1H. The molecule has 0 saturated heterocycles. The van der Waals surface area contributed by atoms with Crippen molar-refractivity contribution in [2.24, 2.45) is 5.73 Å². The van der Waals surface area contributed by atoms with Crippen LogP contribution in [0, 0.1) is 0 Å². The zero-order chi connectivity index (χ0) is 13.8. The summed E-state index contributed by atoms with van der Waals surface area (Å²) in [5.74, 6) is 0.930. The van der Waals surface area contributed by atoms with E-state index in [0.29, 0.717) is 6.61 Å². The highest BCUT2D eigenvalue weighted by Crippen LogP contribution is 2.35. The van der Waals surface area contributed by atoms with Gasteiger partial charge in [0, 0.05) is 21.8 Å². The van der Waals surface area contributed by atoms with Crippen molar-refractivity contribution in [1.29, 1.82) is 0 Å². The first-order chi connectivity index (χ1) is 9.13. The van der Waals surface area contributed by atoms with Gasteiger partial charge < -0.3 is 10.5 Å². The van der Waals surface area contributed by atoms with Crippen molar-refractivity contribution in [3.63, 3.8) is 0 Å². The van der Waals surface area contributed by atoms with E-state index < -0.39 is 0 Å². The first-order valence-corrected chi connectivity index (χ1v) is 7.09. The van der Waals surface area contributed by atoms with Crippen LogP contribution < -0.4 is 10.5 Å². The maximum atomic E-state index is 6.36. The van der Waals surface area contributed by atoms with Crippen molar-refractivity contribution in [1.82, 2.24) is 0 Å². The number of hydrogen-bond acceptors (Lipinski definition) is 2. The average molecular weight is 314 g/mol. The molecule has 0 radical (unpaired) electrons. The van der Waals surface area contributed by atoms with Crippen LogP contribution >= 0.6 is 24.0 Å². The molecular formula is C16H21Cl2NO. The van der Waals surface area contributed by atoms with Gasteiger partial charge in [-0.1, -0.05) is 42.8 Å². The van der Waals surface area contributed by atoms with Crippen molar-refractivity contribution in [3.8, 4) is 5.75 Å². The summed E-state index contributed by atoms with van der Waals surface area (Å²) in [6.45, 7) is 4.80. The highest BCUT2D eigenvalue weighted by atomic mass is 35.5. The Morgan fingerprint density at radius 3 is 2.50 bits per heavy atom. The summed E-state index contributed by atoms with van der Waals surface area (Å²) < 4.78 is 5.94. The summed E-state index contributed by atoms with van der Waals surface area (Å²) in [6, 6.07) is 10.1. The predicted molar refractivity (Wildman–Crippen MR) is 89.3 cm³/mol. The lowest BCUT2D eigenvalue weighted by Gasteiger charge is -2.16. The third-order valence-corrected chi connectivity index (χ3v) is 3.33. The fourth-order valence-electron chi connectivity index (χ4n) is 2.23. The Balaban J connectivity index is 0.00000200. The Bertz CT molecular complexity index is 570. The number of benzene rings is 2. The molecule has 1 unspecified atom stereocenters. The molecule has 0 spiro atoms. The van der Waals surface area contributed by atoms with Gasteiger partial charge in [-0.2, -0.15) is 0 Å². The highest BCUT2D eigenvalue weighted by Gasteiger charge is 2.13. The van der Waals surface area contributed by atoms with Crippen LogP contribution in [0.2, 0.25) is 5.02 Å². The van der Waals surface area contributed by atoms with Gasteiger partial charge in [-0.3, -0.25) is 0 Å². The van der Waals surface area contributed by atoms with Crippen molar-refractivity contribution in [2.45, 2.75) is 32.7 Å². The molecule has 110 valence electrons. The van der Waals surface area contributed by atoms with Crippen LogP contribution in [0.15, 0.2) is 30.3 Å². The SMILES string of the molecule is CCCOc1c(CC(C)N)cc(Cl)c2ccccc12.Cl. The molecule has 0 aliphatic rings. The smallest absolute Gasteiger partial charge is 0.130 e. The zero-order valence-corrected chi connectivity index (χ0v) is 13.4. The second kappa shape index (κ2) is 7.72. The number of hydrogen-bond donors (Lipinski definition) is 1. The van der Waals surface area contributed by atoms with Gasteiger partial charge in [-0.15, -0.1) is 12.4 Å². The Hall–Kier alpha value is -0.960. The van der Waals surface area contributed by atoms with Crippen molar-refractivity contribution in [2.75, 3.05) is 6.61 Å². The van der Waals surface area contributed by atoms with Crippen LogP contribution in [-0.4, -0.2) is 12.6 Å². The van der Waals surface area contributed by atoms with Gasteiger partial charge in [0.2, 0.25) is 0 Å². The van der Waals surface area contributed by atoms with Crippen LogP contribution in [0.3, 0.4) is 0 Å². The van der Waals surface area contributed by atoms with Gasteiger partial charge in [0.05, 0.1) is 6.61 Å². The van der Waals surface area contributed by atoms with E-state index in [2.05, 4.69) is 13.0 Å². The molecule has 20 heavy (non-hydrogen) atoms. The summed E-state index contributed by atoms with van der Waals surface area (Å²) in [5, 5.41) is 2.86. The molecular weight excluding hydrogens is 293 g/mol. The molecule has 0 aromatic heterocycles. The maximum Gasteiger partial charge on any atom is 0.130 e. The molecule has 1 atom stereocenters. The molecule has 0 aliphatic carbocycles. The third-order valence-electron chi connectivity index (χ3n) is 3.01. The Morgan fingerprint density at radius 2 is 1.90 bits per heavy atom. The summed E-state index contributed by atoms with van der Waals surface area (Å²) in [6.07, 6.45) is 1.75. The molecule has 2 aromatic rings. The van der Waals surface area contributed by atoms with Crippen molar-refractivity contribution >= 4 is 34.8 Å². The van der Waals surface area contributed by atoms with E-state index in [1.807, 2.05) is 31.2 Å². The van der Waals surface area contributed by atoms with E-state index >= 15 is 0 Å². The van der Waals surface area contributed by atoms with Gasteiger partial charge in [0.25, 0.3) is 0 Å². The van der Waals surface area contributed by atoms with E-state index in [0.717, 1.165) is 39.9 Å². The maximum absolute atomic E-state index is 6.36. The minimum atomic E-state index is 0. The molecule has 0 amide bonds. The van der Waals surface area contributed by atoms with Crippen LogP contribution in [0.1, 0.15) is 25.8 Å². The highest BCUT2D eigenvalue weighted by molar-refractivity contribution is 6.35. The Morgan fingerprint density at radius 1 is 1.25 bits per heavy atom. The Kier molecular flexibility index (Phi) is 6.60. The molecule has 2 aromatic carbocycles. The van der Waals surface area contributed by atoms with Gasteiger partial charge in [0.15, 0.2) is 0 Å². The minimum absolute atomic E-state index is 0. The second-order valence-corrected chi connectivity index (χ2v) is 5.33. The molecule has 0 heterocycles. The monoisotopic (exact) mass is 313 g/mol. The van der Waals surface area contributed by atoms with Crippen molar-refractivity contribution in [3.05, 3.63) is 40.9 Å². The van der Waals surface area contributed by atoms with E-state index in [-0.39, 0.29) is 18.4 Å². The molecule has 2 N–H and O–H groups in total. The van der Waals surface area contributed by atoms with E-state index in [1.54, 1.807) is 0 Å². The number of rotatable bonds is 5. The fraction of sp³-hybridized carbons (Fsp3) is 0.375. The van der Waals surface area contributed by atoms with Gasteiger partial charge in [-0.25, -0.2) is 0 Å². The molecule has 0 bridgehead atoms. The summed E-state index contributed by atoms with van der Waals surface area (Å²) in [5.41, 5.74) is 7.01. The quantitative estimate of drug-likeness (QED) is 0.876. The number of halogens is 2. The van der Waals surface area contributed by atoms with Crippen LogP contribution in [-0.2, 0) is 6.42 Å². The predicted octanol–water partition coefficient (Wildman–Crippen LogP) is 4.59. The molecule has 0 fully saturated rings. The lowest BCUT2D eigenvalue weighted by molar-refractivity contribution is 0.317. The van der Waals surface area contributed by atoms with Gasteiger partial charge in [-0.05, 0) is 31.4 Å². The van der Waals surface area contributed by atoms with E-state index in [1.165, 1.54) is 0 Å². The van der Waals surface area contributed by atoms with Gasteiger partial charge >= 0.3 is 0 Å². The van der Waals surface area contributed by atoms with Crippen LogP contribution in [0.4, 0.5) is 0 Å². The molecule has 2 nitrogen and oxygen atoms in total. The first kappa shape index (κ1) is 17.1. The normalized spacial score (nSPS) is 12.0. The lowest BCUT2D eigenvalue weighted by Crippen LogP contribution is -2.18. The molecule has 2 rings (SSSR count). The summed E-state index contributed by atoms with van der Waals surface area (Å²) >= 11 is 6.36. The summed E-state index contributed by atoms with van der Waals surface area (Å²) in [7, 11) is 0. The molecule has 4 heteroatoms. The topological polar surface area (TPSA) is 35.2 Å². The minimum Gasteiger partial charge on any atom is -0.493 e. The molecule has 0 aliphatic heterocycles. The zero-order valence-electron chi connectivity index (χ0n) is 11.9. The largest absolute Gasteiger partial charge is 0.493 e. The molecule has 0 saturated carbocycles. The number of fused-ring (bicyclic) bond motifs is 1. The third kappa shape index (κ3) is 3.78. The second-order valence-electron chi connectivity index (χ2n) is 4.92.